The summed E-state index contributed by atoms with van der Waals surface area (Å²) in [6.45, 7) is 1.09. The van der Waals surface area contributed by atoms with Gasteiger partial charge >= 0.3 is 0 Å². The Labute approximate surface area is 131 Å². The number of aromatic nitrogens is 2. The molecule has 1 aliphatic rings. The van der Waals surface area contributed by atoms with E-state index in [4.69, 9.17) is 4.74 Å². The number of halogens is 1. The van der Waals surface area contributed by atoms with Gasteiger partial charge in [-0.15, -0.1) is 0 Å². The summed E-state index contributed by atoms with van der Waals surface area (Å²) in [5.41, 5.74) is 2.52. The van der Waals surface area contributed by atoms with Crippen LogP contribution in [0.5, 0.6) is 0 Å². The van der Waals surface area contributed by atoms with Crippen LogP contribution < -0.4 is 0 Å². The second kappa shape index (κ2) is 5.61. The normalized spacial score (nSPS) is 17.4. The highest BCUT2D eigenvalue weighted by molar-refractivity contribution is 9.10. The summed E-state index contributed by atoms with van der Waals surface area (Å²) in [6.07, 6.45) is -0.0344. The van der Waals surface area contributed by atoms with E-state index in [1.807, 2.05) is 28.9 Å². The summed E-state index contributed by atoms with van der Waals surface area (Å²) < 4.78 is 8.79. The third-order valence-electron chi connectivity index (χ3n) is 3.50. The van der Waals surface area contributed by atoms with Crippen molar-refractivity contribution in [2.24, 2.45) is 0 Å². The third-order valence-corrected chi connectivity index (χ3v) is 4.03. The minimum atomic E-state index is -0.0860. The zero-order valence-corrected chi connectivity index (χ0v) is 13.5. The molecule has 0 saturated carbocycles. The van der Waals surface area contributed by atoms with Crippen LogP contribution in [-0.2, 0) is 17.9 Å². The topological polar surface area (TPSA) is 47.4 Å². The zero-order valence-electron chi connectivity index (χ0n) is 11.9. The summed E-state index contributed by atoms with van der Waals surface area (Å²) in [4.78, 5) is 13.5. The van der Waals surface area contributed by atoms with Gasteiger partial charge in [0.25, 0.3) is 5.91 Å². The third kappa shape index (κ3) is 2.87. The van der Waals surface area contributed by atoms with Gasteiger partial charge in [0.1, 0.15) is 6.10 Å². The van der Waals surface area contributed by atoms with Crippen LogP contribution in [0.2, 0.25) is 0 Å². The van der Waals surface area contributed by atoms with Crippen molar-refractivity contribution < 1.29 is 9.53 Å². The number of hydrogen-bond donors (Lipinski definition) is 0. The molecular weight excluding hydrogens is 334 g/mol. The van der Waals surface area contributed by atoms with Gasteiger partial charge in [-0.2, -0.15) is 5.10 Å². The number of carbonyl (C=O) groups is 1. The molecule has 1 unspecified atom stereocenters. The number of rotatable bonds is 2. The molecule has 0 bridgehead atoms. The first kappa shape index (κ1) is 14.3. The summed E-state index contributed by atoms with van der Waals surface area (Å²) in [6, 6.07) is 9.88. The number of hydrogen-bond acceptors (Lipinski definition) is 3. The molecule has 110 valence electrons. The Morgan fingerprint density at radius 1 is 1.38 bits per heavy atom. The Morgan fingerprint density at radius 3 is 2.76 bits per heavy atom. The Morgan fingerprint density at radius 2 is 2.10 bits per heavy atom. The largest absolute Gasteiger partial charge is 0.365 e. The molecule has 21 heavy (non-hydrogen) atoms. The quantitative estimate of drug-likeness (QED) is 0.837. The maximum Gasteiger partial charge on any atom is 0.273 e. The standard InChI is InChI=1S/C15H16BrN3O2/c1-18(2)15(20)13-7-12-9-21-14(8-19(12)17-13)10-3-5-11(16)6-4-10/h3-7,14H,8-9H2,1-2H3. The van der Waals surface area contributed by atoms with Gasteiger partial charge in [-0.1, -0.05) is 28.1 Å². The average Bonchev–Trinajstić information content (AvgIpc) is 2.89. The van der Waals surface area contributed by atoms with Crippen LogP contribution in [0.3, 0.4) is 0 Å². The van der Waals surface area contributed by atoms with E-state index in [-0.39, 0.29) is 12.0 Å². The van der Waals surface area contributed by atoms with Crippen molar-refractivity contribution in [3.63, 3.8) is 0 Å². The molecule has 5 nitrogen and oxygen atoms in total. The molecule has 0 spiro atoms. The molecule has 1 atom stereocenters. The fraction of sp³-hybridized carbons (Fsp3) is 0.333. The first-order valence-electron chi connectivity index (χ1n) is 6.70. The van der Waals surface area contributed by atoms with Crippen LogP contribution in [0, 0.1) is 0 Å². The number of benzene rings is 1. The molecule has 2 heterocycles. The average molecular weight is 350 g/mol. The first-order chi connectivity index (χ1) is 10.0. The Bertz CT molecular complexity index is 664. The number of fused-ring (bicyclic) bond motifs is 1. The second-order valence-electron chi connectivity index (χ2n) is 5.25. The van der Waals surface area contributed by atoms with Gasteiger partial charge in [-0.25, -0.2) is 0 Å². The minimum Gasteiger partial charge on any atom is -0.365 e. The number of nitrogens with zero attached hydrogens (tertiary/aromatic N) is 3. The van der Waals surface area contributed by atoms with Gasteiger partial charge in [-0.05, 0) is 23.8 Å². The molecule has 6 heteroatoms. The molecule has 3 rings (SSSR count). The van der Waals surface area contributed by atoms with Gasteiger partial charge in [0.15, 0.2) is 5.69 Å². The Balaban J connectivity index is 1.82. The molecule has 2 aromatic rings. The lowest BCUT2D eigenvalue weighted by atomic mass is 10.1. The van der Waals surface area contributed by atoms with Crippen LogP contribution in [0.4, 0.5) is 0 Å². The van der Waals surface area contributed by atoms with Gasteiger partial charge in [0.05, 0.1) is 18.8 Å². The molecule has 0 saturated heterocycles. The van der Waals surface area contributed by atoms with Crippen LogP contribution in [0.1, 0.15) is 27.8 Å². The predicted octanol–water partition coefficient (Wildman–Crippen LogP) is 2.62. The smallest absolute Gasteiger partial charge is 0.273 e. The minimum absolute atomic E-state index is 0.0344. The lowest BCUT2D eigenvalue weighted by Crippen LogP contribution is -2.23. The van der Waals surface area contributed by atoms with E-state index in [0.29, 0.717) is 18.8 Å². The van der Waals surface area contributed by atoms with Gasteiger partial charge in [-0.3, -0.25) is 9.48 Å². The highest BCUT2D eigenvalue weighted by atomic mass is 79.9. The van der Waals surface area contributed by atoms with Crippen molar-refractivity contribution in [1.29, 1.82) is 0 Å². The summed E-state index contributed by atoms with van der Waals surface area (Å²) in [5.74, 6) is -0.0860. The van der Waals surface area contributed by atoms with E-state index in [1.54, 1.807) is 20.2 Å². The SMILES string of the molecule is CN(C)C(=O)c1cc2n(n1)CC(c1ccc(Br)cc1)OC2. The monoisotopic (exact) mass is 349 g/mol. The lowest BCUT2D eigenvalue weighted by Gasteiger charge is -2.24. The van der Waals surface area contributed by atoms with E-state index < -0.39 is 0 Å². The highest BCUT2D eigenvalue weighted by Gasteiger charge is 2.24. The van der Waals surface area contributed by atoms with Crippen molar-refractivity contribution in [3.8, 4) is 0 Å². The van der Waals surface area contributed by atoms with Crippen LogP contribution in [0.15, 0.2) is 34.8 Å². The van der Waals surface area contributed by atoms with Gasteiger partial charge in [0.2, 0.25) is 0 Å². The van der Waals surface area contributed by atoms with Crippen molar-refractivity contribution in [1.82, 2.24) is 14.7 Å². The van der Waals surface area contributed by atoms with Crippen molar-refractivity contribution in [3.05, 3.63) is 51.8 Å². The maximum atomic E-state index is 12.0. The van der Waals surface area contributed by atoms with E-state index >= 15 is 0 Å². The predicted molar refractivity (Wildman–Crippen MR) is 81.9 cm³/mol. The molecule has 0 fully saturated rings. The highest BCUT2D eigenvalue weighted by Crippen LogP contribution is 2.27. The molecule has 0 N–H and O–H groups in total. The summed E-state index contributed by atoms with van der Waals surface area (Å²) >= 11 is 3.43. The first-order valence-corrected chi connectivity index (χ1v) is 7.49. The molecule has 0 radical (unpaired) electrons. The second-order valence-corrected chi connectivity index (χ2v) is 6.17. The number of carbonyl (C=O) groups excluding carboxylic acids is 1. The number of amides is 1. The lowest BCUT2D eigenvalue weighted by molar-refractivity contribution is -0.00121. The van der Waals surface area contributed by atoms with E-state index in [1.165, 1.54) is 4.90 Å². The fourth-order valence-electron chi connectivity index (χ4n) is 2.34. The molecular formula is C15H16BrN3O2. The van der Waals surface area contributed by atoms with Crippen LogP contribution >= 0.6 is 15.9 Å². The van der Waals surface area contributed by atoms with E-state index in [9.17, 15) is 4.79 Å². The Kier molecular flexibility index (Phi) is 3.82. The van der Waals surface area contributed by atoms with Crippen molar-refractivity contribution in [2.75, 3.05) is 14.1 Å². The van der Waals surface area contributed by atoms with Crippen molar-refractivity contribution >= 4 is 21.8 Å². The van der Waals surface area contributed by atoms with E-state index in [2.05, 4.69) is 21.0 Å². The molecule has 1 amide bonds. The molecule has 1 aromatic heterocycles. The van der Waals surface area contributed by atoms with E-state index in [0.717, 1.165) is 15.7 Å². The number of ether oxygens (including phenoxy) is 1. The molecule has 1 aliphatic heterocycles. The maximum absolute atomic E-state index is 12.0. The molecule has 0 aliphatic carbocycles. The summed E-state index contributed by atoms with van der Waals surface area (Å²) in [7, 11) is 3.45. The fourth-order valence-corrected chi connectivity index (χ4v) is 2.60. The van der Waals surface area contributed by atoms with Gasteiger partial charge in [0, 0.05) is 18.6 Å². The Hall–Kier alpha value is -1.66. The van der Waals surface area contributed by atoms with Crippen LogP contribution in [-0.4, -0.2) is 34.7 Å². The zero-order chi connectivity index (χ0) is 15.0. The van der Waals surface area contributed by atoms with Crippen molar-refractivity contribution in [2.45, 2.75) is 19.3 Å². The van der Waals surface area contributed by atoms with Gasteiger partial charge < -0.3 is 9.64 Å². The van der Waals surface area contributed by atoms with Crippen LogP contribution in [0.25, 0.3) is 0 Å². The summed E-state index contributed by atoms with van der Waals surface area (Å²) in [5, 5.41) is 4.40. The molecule has 1 aromatic carbocycles.